The number of ether oxygens (including phenoxy) is 1. The average Bonchev–Trinajstić information content (AvgIpc) is 2.38. The van der Waals surface area contributed by atoms with Crippen LogP contribution in [0.15, 0.2) is 46.9 Å². The molecule has 0 radical (unpaired) electrons. The highest BCUT2D eigenvalue weighted by atomic mass is 127. The van der Waals surface area contributed by atoms with Gasteiger partial charge in [0.25, 0.3) is 0 Å². The van der Waals surface area contributed by atoms with Gasteiger partial charge in [0.1, 0.15) is 0 Å². The van der Waals surface area contributed by atoms with E-state index < -0.39 is 5.82 Å². The summed E-state index contributed by atoms with van der Waals surface area (Å²) in [5.41, 5.74) is 0.554. The Bertz CT molecular complexity index is 599. The molecule has 2 rings (SSSR count). The SMILES string of the molecule is O=C(COc1ccc(Br)cc1F)c1ccc(I)cc1. The second-order valence-electron chi connectivity index (χ2n) is 3.79. The summed E-state index contributed by atoms with van der Waals surface area (Å²) in [6.45, 7) is -0.181. The largest absolute Gasteiger partial charge is 0.482 e. The number of Topliss-reactive ketones (excluding diaryl/α,β-unsaturated/α-hetero) is 1. The van der Waals surface area contributed by atoms with E-state index in [0.29, 0.717) is 10.0 Å². The zero-order chi connectivity index (χ0) is 13.8. The van der Waals surface area contributed by atoms with Gasteiger partial charge in [-0.1, -0.05) is 28.1 Å². The number of hydrogen-bond acceptors (Lipinski definition) is 2. The van der Waals surface area contributed by atoms with Crippen LogP contribution >= 0.6 is 38.5 Å². The Balaban J connectivity index is 2.02. The summed E-state index contributed by atoms with van der Waals surface area (Å²) in [6.07, 6.45) is 0. The monoisotopic (exact) mass is 434 g/mol. The van der Waals surface area contributed by atoms with Gasteiger partial charge in [-0.15, -0.1) is 0 Å². The molecular formula is C14H9BrFIO2. The molecule has 19 heavy (non-hydrogen) atoms. The third-order valence-electron chi connectivity index (χ3n) is 2.42. The molecule has 0 spiro atoms. The summed E-state index contributed by atoms with van der Waals surface area (Å²) >= 11 is 5.32. The Labute approximate surface area is 132 Å². The molecule has 0 atom stereocenters. The van der Waals surface area contributed by atoms with Crippen LogP contribution in [0.1, 0.15) is 10.4 Å². The van der Waals surface area contributed by atoms with E-state index in [0.717, 1.165) is 3.57 Å². The molecule has 2 aromatic rings. The van der Waals surface area contributed by atoms with Crippen molar-refractivity contribution in [2.45, 2.75) is 0 Å². The van der Waals surface area contributed by atoms with Gasteiger partial charge in [0.2, 0.25) is 0 Å². The highest BCUT2D eigenvalue weighted by Gasteiger charge is 2.09. The average molecular weight is 435 g/mol. The topological polar surface area (TPSA) is 26.3 Å². The summed E-state index contributed by atoms with van der Waals surface area (Å²) in [7, 11) is 0. The maximum Gasteiger partial charge on any atom is 0.200 e. The lowest BCUT2D eigenvalue weighted by Crippen LogP contribution is -2.12. The molecule has 0 heterocycles. The van der Waals surface area contributed by atoms with Gasteiger partial charge < -0.3 is 4.74 Å². The molecule has 98 valence electrons. The highest BCUT2D eigenvalue weighted by Crippen LogP contribution is 2.21. The van der Waals surface area contributed by atoms with Crippen LogP contribution in [-0.4, -0.2) is 12.4 Å². The third-order valence-corrected chi connectivity index (χ3v) is 3.63. The van der Waals surface area contributed by atoms with E-state index in [4.69, 9.17) is 4.74 Å². The molecular weight excluding hydrogens is 426 g/mol. The first-order valence-corrected chi connectivity index (χ1v) is 7.30. The third kappa shape index (κ3) is 4.01. The van der Waals surface area contributed by atoms with Crippen LogP contribution in [0.25, 0.3) is 0 Å². The zero-order valence-electron chi connectivity index (χ0n) is 9.70. The number of carbonyl (C=O) groups excluding carboxylic acids is 1. The molecule has 0 aromatic heterocycles. The highest BCUT2D eigenvalue weighted by molar-refractivity contribution is 14.1. The Hall–Kier alpha value is -0.950. The van der Waals surface area contributed by atoms with Gasteiger partial charge in [-0.2, -0.15) is 0 Å². The van der Waals surface area contributed by atoms with Crippen molar-refractivity contribution in [3.05, 3.63) is 61.9 Å². The molecule has 0 amide bonds. The molecule has 0 saturated carbocycles. The lowest BCUT2D eigenvalue weighted by atomic mass is 10.1. The summed E-state index contributed by atoms with van der Waals surface area (Å²) in [4.78, 5) is 11.8. The minimum atomic E-state index is -0.496. The smallest absolute Gasteiger partial charge is 0.200 e. The standard InChI is InChI=1S/C14H9BrFIO2/c15-10-3-6-14(12(16)7-10)19-8-13(18)9-1-4-11(17)5-2-9/h1-7H,8H2. The van der Waals surface area contributed by atoms with Gasteiger partial charge in [-0.05, 0) is 52.9 Å². The number of ketones is 1. The van der Waals surface area contributed by atoms with E-state index >= 15 is 0 Å². The number of hydrogen-bond donors (Lipinski definition) is 0. The van der Waals surface area contributed by atoms with Crippen LogP contribution in [0.4, 0.5) is 4.39 Å². The lowest BCUT2D eigenvalue weighted by Gasteiger charge is -2.07. The fourth-order valence-electron chi connectivity index (χ4n) is 1.45. The summed E-state index contributed by atoms with van der Waals surface area (Å²) in [5.74, 6) is -0.606. The van der Waals surface area contributed by atoms with Crippen molar-refractivity contribution < 1.29 is 13.9 Å². The van der Waals surface area contributed by atoms with Crippen molar-refractivity contribution in [3.63, 3.8) is 0 Å². The maximum atomic E-state index is 13.5. The van der Waals surface area contributed by atoms with E-state index in [9.17, 15) is 9.18 Å². The quantitative estimate of drug-likeness (QED) is 0.524. The minimum absolute atomic E-state index is 0.0714. The molecule has 0 fully saturated rings. The molecule has 0 bridgehead atoms. The van der Waals surface area contributed by atoms with Crippen LogP contribution < -0.4 is 4.74 Å². The normalized spacial score (nSPS) is 10.3. The van der Waals surface area contributed by atoms with Crippen LogP contribution in [0.2, 0.25) is 0 Å². The molecule has 0 N–H and O–H groups in total. The Morgan fingerprint density at radius 1 is 1.21 bits per heavy atom. The van der Waals surface area contributed by atoms with Crippen LogP contribution in [-0.2, 0) is 0 Å². The Morgan fingerprint density at radius 2 is 1.89 bits per heavy atom. The predicted molar refractivity (Wildman–Crippen MR) is 83.1 cm³/mol. The van der Waals surface area contributed by atoms with Gasteiger partial charge in [-0.25, -0.2) is 4.39 Å². The van der Waals surface area contributed by atoms with Crippen molar-refractivity contribution in [1.82, 2.24) is 0 Å². The Kier molecular flexibility index (Phi) is 4.93. The molecule has 2 nitrogen and oxygen atoms in total. The second-order valence-corrected chi connectivity index (χ2v) is 5.95. The van der Waals surface area contributed by atoms with Gasteiger partial charge in [0, 0.05) is 13.6 Å². The number of halogens is 3. The van der Waals surface area contributed by atoms with E-state index in [1.54, 1.807) is 18.2 Å². The van der Waals surface area contributed by atoms with Crippen molar-refractivity contribution in [3.8, 4) is 5.75 Å². The van der Waals surface area contributed by atoms with Crippen molar-refractivity contribution in [2.24, 2.45) is 0 Å². The molecule has 2 aromatic carbocycles. The lowest BCUT2D eigenvalue weighted by molar-refractivity contribution is 0.0919. The van der Waals surface area contributed by atoms with Gasteiger partial charge in [0.15, 0.2) is 24.0 Å². The van der Waals surface area contributed by atoms with Gasteiger partial charge in [-0.3, -0.25) is 4.79 Å². The fraction of sp³-hybridized carbons (Fsp3) is 0.0714. The summed E-state index contributed by atoms with van der Waals surface area (Å²) in [5, 5.41) is 0. The molecule has 0 aliphatic rings. The van der Waals surface area contributed by atoms with Gasteiger partial charge in [0.05, 0.1) is 0 Å². The zero-order valence-corrected chi connectivity index (χ0v) is 13.4. The number of benzene rings is 2. The van der Waals surface area contributed by atoms with E-state index in [1.807, 2.05) is 12.1 Å². The van der Waals surface area contributed by atoms with E-state index in [2.05, 4.69) is 38.5 Å². The van der Waals surface area contributed by atoms with Crippen LogP contribution in [0.5, 0.6) is 5.75 Å². The Morgan fingerprint density at radius 3 is 2.53 bits per heavy atom. The maximum absolute atomic E-state index is 13.5. The molecule has 0 aliphatic heterocycles. The molecule has 0 unspecified atom stereocenters. The second kappa shape index (κ2) is 6.47. The van der Waals surface area contributed by atoms with Crippen LogP contribution in [0.3, 0.4) is 0 Å². The van der Waals surface area contributed by atoms with E-state index in [-0.39, 0.29) is 18.1 Å². The van der Waals surface area contributed by atoms with Crippen molar-refractivity contribution in [1.29, 1.82) is 0 Å². The number of carbonyl (C=O) groups is 1. The minimum Gasteiger partial charge on any atom is -0.482 e. The van der Waals surface area contributed by atoms with E-state index in [1.165, 1.54) is 12.1 Å². The summed E-state index contributed by atoms with van der Waals surface area (Å²) < 4.78 is 20.4. The molecule has 0 aliphatic carbocycles. The summed E-state index contributed by atoms with van der Waals surface area (Å²) in [6, 6.07) is 11.6. The predicted octanol–water partition coefficient (Wildman–Crippen LogP) is 4.45. The fourth-order valence-corrected chi connectivity index (χ4v) is 2.15. The van der Waals surface area contributed by atoms with Crippen molar-refractivity contribution >= 4 is 44.3 Å². The van der Waals surface area contributed by atoms with Crippen molar-refractivity contribution in [2.75, 3.05) is 6.61 Å². The van der Waals surface area contributed by atoms with Gasteiger partial charge >= 0.3 is 0 Å². The molecule has 5 heteroatoms. The van der Waals surface area contributed by atoms with Crippen LogP contribution in [0, 0.1) is 9.39 Å². The first-order chi connectivity index (χ1) is 9.06. The first kappa shape index (κ1) is 14.5. The first-order valence-electron chi connectivity index (χ1n) is 5.43. The number of rotatable bonds is 4. The molecule has 0 saturated heterocycles.